The van der Waals surface area contributed by atoms with Crippen molar-refractivity contribution in [2.75, 3.05) is 5.01 Å². The van der Waals surface area contributed by atoms with Gasteiger partial charge in [0.15, 0.2) is 0 Å². The minimum Gasteiger partial charge on any atom is -0.422 e. The summed E-state index contributed by atoms with van der Waals surface area (Å²) in [5.74, 6) is -2.05. The molecule has 1 fully saturated rings. The number of rotatable bonds is 5. The highest BCUT2D eigenvalue weighted by atomic mass is 16.6. The average molecular weight is 429 g/mol. The number of carbonyl (C=O) groups is 3. The van der Waals surface area contributed by atoms with Crippen molar-refractivity contribution in [2.24, 2.45) is 0 Å². The number of hydrogen-bond acceptors (Lipinski definition) is 6. The van der Waals surface area contributed by atoms with Gasteiger partial charge in [0, 0.05) is 17.7 Å². The molecule has 1 heterocycles. The molecule has 9 heteroatoms. The first-order valence-electron chi connectivity index (χ1n) is 9.42. The summed E-state index contributed by atoms with van der Waals surface area (Å²) in [6.45, 7) is 0. The van der Waals surface area contributed by atoms with Crippen LogP contribution in [0, 0.1) is 10.1 Å². The van der Waals surface area contributed by atoms with E-state index in [-0.39, 0.29) is 28.1 Å². The predicted molar refractivity (Wildman–Crippen MR) is 115 cm³/mol. The fourth-order valence-corrected chi connectivity index (χ4v) is 3.06. The molecule has 1 aliphatic rings. The van der Waals surface area contributed by atoms with E-state index >= 15 is 0 Å². The highest BCUT2D eigenvalue weighted by Crippen LogP contribution is 2.29. The van der Waals surface area contributed by atoms with Gasteiger partial charge in [-0.15, -0.1) is 0 Å². The number of amides is 2. The van der Waals surface area contributed by atoms with Crippen molar-refractivity contribution < 1.29 is 24.0 Å². The van der Waals surface area contributed by atoms with Gasteiger partial charge in [-0.25, -0.2) is 9.80 Å². The van der Waals surface area contributed by atoms with E-state index in [1.165, 1.54) is 18.2 Å². The Morgan fingerprint density at radius 1 is 0.969 bits per heavy atom. The van der Waals surface area contributed by atoms with E-state index in [4.69, 9.17) is 4.74 Å². The second kappa shape index (κ2) is 8.52. The highest BCUT2D eigenvalue weighted by Gasteiger charge is 2.34. The smallest absolute Gasteiger partial charge is 0.343 e. The molecule has 0 atom stereocenters. The van der Waals surface area contributed by atoms with Gasteiger partial charge in [-0.3, -0.25) is 25.1 Å². The lowest BCUT2D eigenvalue weighted by Gasteiger charge is -2.13. The normalized spacial score (nSPS) is 14.4. The number of ether oxygens (including phenoxy) is 1. The molecule has 0 bridgehead atoms. The SMILES string of the molecule is O=C1NN(c2ccccc2)C(=O)C1=Cc1cc([N+](=O)[O-])ccc1OC(=O)c1ccccc1. The first-order chi connectivity index (χ1) is 15.4. The molecule has 4 rings (SSSR count). The number of carbonyl (C=O) groups excluding carboxylic acids is 3. The monoisotopic (exact) mass is 429 g/mol. The minimum atomic E-state index is -0.689. The third-order valence-electron chi connectivity index (χ3n) is 4.62. The first kappa shape index (κ1) is 20.5. The maximum absolute atomic E-state index is 12.8. The number of non-ortho nitro benzene ring substituents is 1. The van der Waals surface area contributed by atoms with Crippen LogP contribution >= 0.6 is 0 Å². The van der Waals surface area contributed by atoms with Crippen molar-refractivity contribution in [3.63, 3.8) is 0 Å². The molecular weight excluding hydrogens is 414 g/mol. The Balaban J connectivity index is 1.71. The van der Waals surface area contributed by atoms with Crippen LogP contribution in [-0.2, 0) is 9.59 Å². The predicted octanol–water partition coefficient (Wildman–Crippen LogP) is 3.28. The van der Waals surface area contributed by atoms with Crippen molar-refractivity contribution in [1.29, 1.82) is 0 Å². The molecule has 1 saturated heterocycles. The number of nitrogens with one attached hydrogen (secondary N) is 1. The topological polar surface area (TPSA) is 119 Å². The number of nitrogens with zero attached hydrogens (tertiary/aromatic N) is 2. The van der Waals surface area contributed by atoms with E-state index in [1.54, 1.807) is 60.7 Å². The Kier molecular flexibility index (Phi) is 5.45. The van der Waals surface area contributed by atoms with E-state index in [1.807, 2.05) is 0 Å². The number of para-hydroxylation sites is 1. The van der Waals surface area contributed by atoms with Gasteiger partial charge in [-0.05, 0) is 36.4 Å². The molecule has 1 N–H and O–H groups in total. The Hall–Kier alpha value is -4.79. The van der Waals surface area contributed by atoms with Gasteiger partial charge in [0.25, 0.3) is 17.5 Å². The lowest BCUT2D eigenvalue weighted by molar-refractivity contribution is -0.384. The van der Waals surface area contributed by atoms with Crippen molar-refractivity contribution in [1.82, 2.24) is 5.43 Å². The van der Waals surface area contributed by atoms with Crippen LogP contribution in [0.5, 0.6) is 5.75 Å². The molecule has 3 aromatic carbocycles. The van der Waals surface area contributed by atoms with Crippen LogP contribution in [0.4, 0.5) is 11.4 Å². The van der Waals surface area contributed by atoms with Crippen LogP contribution in [-0.4, -0.2) is 22.7 Å². The van der Waals surface area contributed by atoms with Gasteiger partial charge in [0.05, 0.1) is 16.2 Å². The van der Waals surface area contributed by atoms with Crippen LogP contribution < -0.4 is 15.2 Å². The Bertz CT molecular complexity index is 1260. The van der Waals surface area contributed by atoms with Gasteiger partial charge in [0.1, 0.15) is 11.3 Å². The molecule has 0 radical (unpaired) electrons. The highest BCUT2D eigenvalue weighted by molar-refractivity contribution is 6.31. The number of nitro benzene ring substituents is 1. The summed E-state index contributed by atoms with van der Waals surface area (Å²) in [4.78, 5) is 48.4. The Morgan fingerprint density at radius 3 is 2.28 bits per heavy atom. The molecule has 32 heavy (non-hydrogen) atoms. The molecule has 0 unspecified atom stereocenters. The van der Waals surface area contributed by atoms with Crippen LogP contribution in [0.25, 0.3) is 6.08 Å². The zero-order valence-electron chi connectivity index (χ0n) is 16.4. The summed E-state index contributed by atoms with van der Waals surface area (Å²) in [6.07, 6.45) is 1.17. The molecule has 1 aliphatic heterocycles. The maximum Gasteiger partial charge on any atom is 0.343 e. The van der Waals surface area contributed by atoms with Gasteiger partial charge in [-0.2, -0.15) is 0 Å². The Labute approximate surface area is 181 Å². The molecule has 2 amide bonds. The van der Waals surface area contributed by atoms with Crippen LogP contribution in [0.15, 0.2) is 84.4 Å². The molecule has 158 valence electrons. The van der Waals surface area contributed by atoms with E-state index < -0.39 is 22.7 Å². The molecule has 0 spiro atoms. The Morgan fingerprint density at radius 2 is 1.62 bits per heavy atom. The van der Waals surface area contributed by atoms with Gasteiger partial charge in [0.2, 0.25) is 0 Å². The van der Waals surface area contributed by atoms with E-state index in [0.717, 1.165) is 11.1 Å². The summed E-state index contributed by atoms with van der Waals surface area (Å²) in [6, 6.07) is 20.2. The van der Waals surface area contributed by atoms with Gasteiger partial charge < -0.3 is 4.74 Å². The zero-order valence-corrected chi connectivity index (χ0v) is 16.4. The quantitative estimate of drug-likeness (QED) is 0.166. The number of esters is 1. The largest absolute Gasteiger partial charge is 0.422 e. The minimum absolute atomic E-state index is 0.0317. The summed E-state index contributed by atoms with van der Waals surface area (Å²) in [5.41, 5.74) is 2.66. The zero-order chi connectivity index (χ0) is 22.7. The summed E-state index contributed by atoms with van der Waals surface area (Å²) in [5, 5.41) is 12.3. The van der Waals surface area contributed by atoms with Crippen molar-refractivity contribution >= 4 is 35.2 Å². The lowest BCUT2D eigenvalue weighted by atomic mass is 10.1. The second-order valence-electron chi connectivity index (χ2n) is 6.71. The standard InChI is InChI=1S/C23H15N3O6/c27-21-19(22(28)25(24-21)17-9-5-2-6-10-17)14-16-13-18(26(30)31)11-12-20(16)32-23(29)15-7-3-1-4-8-15/h1-14H,(H,24,27). The van der Waals surface area contributed by atoms with E-state index in [0.29, 0.717) is 5.69 Å². The average Bonchev–Trinajstić information content (AvgIpc) is 3.09. The van der Waals surface area contributed by atoms with Gasteiger partial charge >= 0.3 is 5.97 Å². The number of benzene rings is 3. The van der Waals surface area contributed by atoms with Crippen LogP contribution in [0.2, 0.25) is 0 Å². The van der Waals surface area contributed by atoms with Crippen molar-refractivity contribution in [3.05, 3.63) is 106 Å². The number of nitro groups is 1. The number of hydrogen-bond donors (Lipinski definition) is 1. The maximum atomic E-state index is 12.8. The fraction of sp³-hybridized carbons (Fsp3) is 0. The molecule has 9 nitrogen and oxygen atoms in total. The molecule has 3 aromatic rings. The van der Waals surface area contributed by atoms with E-state index in [9.17, 15) is 24.5 Å². The third kappa shape index (κ3) is 4.08. The molecule has 0 aliphatic carbocycles. The first-order valence-corrected chi connectivity index (χ1v) is 9.42. The molecular formula is C23H15N3O6. The third-order valence-corrected chi connectivity index (χ3v) is 4.62. The molecule has 0 saturated carbocycles. The number of anilines is 1. The van der Waals surface area contributed by atoms with Crippen molar-refractivity contribution in [2.45, 2.75) is 0 Å². The van der Waals surface area contributed by atoms with E-state index in [2.05, 4.69) is 5.43 Å². The van der Waals surface area contributed by atoms with Crippen LogP contribution in [0.1, 0.15) is 15.9 Å². The van der Waals surface area contributed by atoms with Crippen LogP contribution in [0.3, 0.4) is 0 Å². The number of hydrazine groups is 1. The molecule has 0 aromatic heterocycles. The summed E-state index contributed by atoms with van der Waals surface area (Å²) in [7, 11) is 0. The van der Waals surface area contributed by atoms with Gasteiger partial charge in [-0.1, -0.05) is 36.4 Å². The fourth-order valence-electron chi connectivity index (χ4n) is 3.06. The second-order valence-corrected chi connectivity index (χ2v) is 6.71. The summed E-state index contributed by atoms with van der Waals surface area (Å²) < 4.78 is 5.40. The summed E-state index contributed by atoms with van der Waals surface area (Å²) >= 11 is 0. The van der Waals surface area contributed by atoms with Crippen molar-refractivity contribution in [3.8, 4) is 5.75 Å². The lowest BCUT2D eigenvalue weighted by Crippen LogP contribution is -2.35.